The molecule has 0 spiro atoms. The van der Waals surface area contributed by atoms with Crippen molar-refractivity contribution in [1.29, 1.82) is 0 Å². The van der Waals surface area contributed by atoms with E-state index in [9.17, 15) is 18.0 Å². The van der Waals surface area contributed by atoms with Gasteiger partial charge >= 0.3 is 5.51 Å². The van der Waals surface area contributed by atoms with Gasteiger partial charge in [-0.2, -0.15) is 13.2 Å². The van der Waals surface area contributed by atoms with Gasteiger partial charge in [0.15, 0.2) is 0 Å². The fourth-order valence-electron chi connectivity index (χ4n) is 1.38. The molecule has 0 heterocycles. The third kappa shape index (κ3) is 5.42. The molecule has 3 N–H and O–H groups in total. The van der Waals surface area contributed by atoms with Crippen molar-refractivity contribution >= 4 is 17.7 Å². The van der Waals surface area contributed by atoms with Crippen LogP contribution < -0.4 is 11.1 Å². The highest BCUT2D eigenvalue weighted by Gasteiger charge is 2.27. The number of carbonyl (C=O) groups is 1. The SMILES string of the molecule is NC(=O)c1ccccc1CNCCSC(F)(F)F. The molecule has 1 aromatic carbocycles. The third-order valence-electron chi connectivity index (χ3n) is 2.14. The molecule has 3 nitrogen and oxygen atoms in total. The Bertz CT molecular complexity index is 410. The molecule has 0 atom stereocenters. The van der Waals surface area contributed by atoms with Gasteiger partial charge in [0.25, 0.3) is 0 Å². The molecule has 1 aromatic rings. The van der Waals surface area contributed by atoms with E-state index in [-0.39, 0.29) is 24.1 Å². The maximum atomic E-state index is 11.8. The van der Waals surface area contributed by atoms with Gasteiger partial charge in [0.05, 0.1) is 0 Å². The Hall–Kier alpha value is -1.21. The smallest absolute Gasteiger partial charge is 0.366 e. The fourth-order valence-corrected chi connectivity index (χ4v) is 1.85. The summed E-state index contributed by atoms with van der Waals surface area (Å²) in [4.78, 5) is 11.1. The largest absolute Gasteiger partial charge is 0.441 e. The Morgan fingerprint density at radius 2 is 2.00 bits per heavy atom. The van der Waals surface area contributed by atoms with Crippen molar-refractivity contribution in [2.24, 2.45) is 5.73 Å². The van der Waals surface area contributed by atoms with Crippen LogP contribution in [0.2, 0.25) is 0 Å². The minimum Gasteiger partial charge on any atom is -0.366 e. The Balaban J connectivity index is 2.38. The molecule has 0 aromatic heterocycles. The lowest BCUT2D eigenvalue weighted by Gasteiger charge is -2.09. The molecule has 0 aliphatic rings. The monoisotopic (exact) mass is 278 g/mol. The molecule has 0 bridgehead atoms. The molecule has 0 aliphatic heterocycles. The summed E-state index contributed by atoms with van der Waals surface area (Å²) in [6, 6.07) is 6.73. The molecule has 1 rings (SSSR count). The summed E-state index contributed by atoms with van der Waals surface area (Å²) in [6.07, 6.45) is 0. The van der Waals surface area contributed by atoms with Gasteiger partial charge in [0, 0.05) is 24.4 Å². The molecule has 0 radical (unpaired) electrons. The molecule has 0 unspecified atom stereocenters. The highest BCUT2D eigenvalue weighted by atomic mass is 32.2. The Labute approximate surface area is 107 Å². The summed E-state index contributed by atoms with van der Waals surface area (Å²) in [6.45, 7) is 0.523. The normalized spacial score (nSPS) is 11.5. The third-order valence-corrected chi connectivity index (χ3v) is 2.88. The lowest BCUT2D eigenvalue weighted by molar-refractivity contribution is -0.0327. The van der Waals surface area contributed by atoms with Crippen LogP contribution >= 0.6 is 11.8 Å². The summed E-state index contributed by atoms with van der Waals surface area (Å²) < 4.78 is 35.5. The van der Waals surface area contributed by atoms with E-state index in [0.717, 1.165) is 0 Å². The number of nitrogens with one attached hydrogen (secondary N) is 1. The molecule has 0 aliphatic carbocycles. The molecular formula is C11H13F3N2OS. The van der Waals surface area contributed by atoms with Crippen LogP contribution in [-0.2, 0) is 6.54 Å². The van der Waals surface area contributed by atoms with Crippen LogP contribution in [0.15, 0.2) is 24.3 Å². The lowest BCUT2D eigenvalue weighted by Crippen LogP contribution is -2.21. The van der Waals surface area contributed by atoms with Crippen molar-refractivity contribution < 1.29 is 18.0 Å². The topological polar surface area (TPSA) is 55.1 Å². The number of carbonyl (C=O) groups excluding carboxylic acids is 1. The first kappa shape index (κ1) is 14.8. The first-order valence-electron chi connectivity index (χ1n) is 5.19. The Morgan fingerprint density at radius 3 is 2.61 bits per heavy atom. The average molecular weight is 278 g/mol. The quantitative estimate of drug-likeness (QED) is 0.784. The fraction of sp³-hybridized carbons (Fsp3) is 0.364. The highest BCUT2D eigenvalue weighted by molar-refractivity contribution is 8.00. The highest BCUT2D eigenvalue weighted by Crippen LogP contribution is 2.29. The predicted octanol–water partition coefficient (Wildman–Crippen LogP) is 2.13. The number of primary amides is 1. The number of benzene rings is 1. The van der Waals surface area contributed by atoms with Crippen molar-refractivity contribution in [3.8, 4) is 0 Å². The second-order valence-electron chi connectivity index (χ2n) is 3.49. The van der Waals surface area contributed by atoms with E-state index in [4.69, 9.17) is 5.73 Å². The number of thioether (sulfide) groups is 1. The number of hydrogen-bond donors (Lipinski definition) is 2. The van der Waals surface area contributed by atoms with Crippen molar-refractivity contribution in [1.82, 2.24) is 5.32 Å². The van der Waals surface area contributed by atoms with Gasteiger partial charge in [0.2, 0.25) is 5.91 Å². The van der Waals surface area contributed by atoms with E-state index >= 15 is 0 Å². The van der Waals surface area contributed by atoms with E-state index in [0.29, 0.717) is 17.7 Å². The van der Waals surface area contributed by atoms with Gasteiger partial charge < -0.3 is 11.1 Å². The van der Waals surface area contributed by atoms with Gasteiger partial charge in [-0.15, -0.1) is 0 Å². The summed E-state index contributed by atoms with van der Waals surface area (Å²) in [7, 11) is 0. The van der Waals surface area contributed by atoms with Crippen LogP contribution in [0.5, 0.6) is 0 Å². The zero-order valence-electron chi connectivity index (χ0n) is 9.46. The number of amides is 1. The van der Waals surface area contributed by atoms with Crippen molar-refractivity contribution in [3.63, 3.8) is 0 Å². The Morgan fingerprint density at radius 1 is 1.33 bits per heavy atom. The van der Waals surface area contributed by atoms with Gasteiger partial charge in [-0.25, -0.2) is 0 Å². The zero-order valence-corrected chi connectivity index (χ0v) is 10.3. The second-order valence-corrected chi connectivity index (χ2v) is 4.65. The minimum atomic E-state index is -4.20. The summed E-state index contributed by atoms with van der Waals surface area (Å²) >= 11 is -0.0749. The number of rotatable bonds is 6. The lowest BCUT2D eigenvalue weighted by atomic mass is 10.1. The van der Waals surface area contributed by atoms with E-state index in [1.165, 1.54) is 0 Å². The number of alkyl halides is 3. The van der Waals surface area contributed by atoms with Gasteiger partial charge in [0.1, 0.15) is 0 Å². The predicted molar refractivity (Wildman–Crippen MR) is 65.2 cm³/mol. The summed E-state index contributed by atoms with van der Waals surface area (Å²) in [5, 5.41) is 2.84. The molecular weight excluding hydrogens is 265 g/mol. The van der Waals surface area contributed by atoms with Gasteiger partial charge in [-0.05, 0) is 23.4 Å². The van der Waals surface area contributed by atoms with E-state index in [2.05, 4.69) is 5.32 Å². The molecule has 0 saturated heterocycles. The molecule has 7 heteroatoms. The Kier molecular flexibility index (Phi) is 5.49. The first-order valence-corrected chi connectivity index (χ1v) is 6.18. The standard InChI is InChI=1S/C11H13F3N2OS/c12-11(13,14)18-6-5-16-7-8-3-1-2-4-9(8)10(15)17/h1-4,16H,5-7H2,(H2,15,17). The van der Waals surface area contributed by atoms with Crippen LogP contribution in [-0.4, -0.2) is 23.7 Å². The van der Waals surface area contributed by atoms with Crippen LogP contribution in [0.3, 0.4) is 0 Å². The van der Waals surface area contributed by atoms with Crippen molar-refractivity contribution in [3.05, 3.63) is 35.4 Å². The van der Waals surface area contributed by atoms with E-state index in [1.54, 1.807) is 24.3 Å². The maximum Gasteiger partial charge on any atom is 0.441 e. The van der Waals surface area contributed by atoms with Crippen LogP contribution in [0, 0.1) is 0 Å². The molecule has 18 heavy (non-hydrogen) atoms. The summed E-state index contributed by atoms with van der Waals surface area (Å²) in [5.41, 5.74) is 2.05. The number of halogens is 3. The second kappa shape index (κ2) is 6.65. The van der Waals surface area contributed by atoms with Crippen LogP contribution in [0.4, 0.5) is 13.2 Å². The van der Waals surface area contributed by atoms with E-state index in [1.807, 2.05) is 0 Å². The van der Waals surface area contributed by atoms with Crippen LogP contribution in [0.1, 0.15) is 15.9 Å². The van der Waals surface area contributed by atoms with E-state index < -0.39 is 11.4 Å². The molecule has 0 saturated carbocycles. The zero-order chi connectivity index (χ0) is 13.6. The van der Waals surface area contributed by atoms with Crippen LogP contribution in [0.25, 0.3) is 0 Å². The molecule has 1 amide bonds. The average Bonchev–Trinajstić information content (AvgIpc) is 2.27. The van der Waals surface area contributed by atoms with Crippen molar-refractivity contribution in [2.45, 2.75) is 12.1 Å². The minimum absolute atomic E-state index is 0.0672. The maximum absolute atomic E-state index is 11.8. The first-order chi connectivity index (χ1) is 8.40. The van der Waals surface area contributed by atoms with Crippen molar-refractivity contribution in [2.75, 3.05) is 12.3 Å². The molecule has 100 valence electrons. The summed E-state index contributed by atoms with van der Waals surface area (Å²) in [5.74, 6) is -0.612. The van der Waals surface area contributed by atoms with Gasteiger partial charge in [-0.3, -0.25) is 4.79 Å². The molecule has 0 fully saturated rings. The number of nitrogens with two attached hydrogens (primary N) is 1. The number of hydrogen-bond acceptors (Lipinski definition) is 3. The van der Waals surface area contributed by atoms with Gasteiger partial charge in [-0.1, -0.05) is 18.2 Å².